The van der Waals surface area contributed by atoms with E-state index in [9.17, 15) is 9.59 Å². The molecular weight excluding hydrogens is 238 g/mol. The summed E-state index contributed by atoms with van der Waals surface area (Å²) in [5.41, 5.74) is -0.562. The number of likely N-dealkylation sites (N-methyl/N-ethyl adjacent to an activating group) is 1. The summed E-state index contributed by atoms with van der Waals surface area (Å²) in [5, 5.41) is -0.313. The first-order chi connectivity index (χ1) is 7.54. The second kappa shape index (κ2) is 6.28. The predicted octanol–water partition coefficient (Wildman–Crippen LogP) is 2.72. The van der Waals surface area contributed by atoms with Crippen molar-refractivity contribution in [2.75, 3.05) is 7.05 Å². The Bertz CT molecular complexity index is 284. The van der Waals surface area contributed by atoms with E-state index < -0.39 is 17.7 Å². The standard InChI is InChI=1S/C12H23NO3S/c1-8(2)7-9(10(14)17)13(6)11(15)16-12(3,4)5/h8-9H,7H2,1-6H3,(H,14,17)/t9-/m0/s1. The Morgan fingerprint density at radius 2 is 1.76 bits per heavy atom. The molecular formula is C12H23NO3S. The van der Waals surface area contributed by atoms with Crippen LogP contribution in [0.25, 0.3) is 0 Å². The third-order valence-electron chi connectivity index (χ3n) is 2.13. The third-order valence-corrected chi connectivity index (χ3v) is 2.43. The molecule has 0 rings (SSSR count). The van der Waals surface area contributed by atoms with Crippen LogP contribution in [0.1, 0.15) is 41.0 Å². The first-order valence-corrected chi connectivity index (χ1v) is 6.18. The van der Waals surface area contributed by atoms with Crippen LogP contribution in [0.2, 0.25) is 0 Å². The van der Waals surface area contributed by atoms with Gasteiger partial charge >= 0.3 is 6.09 Å². The van der Waals surface area contributed by atoms with Crippen LogP contribution in [-0.2, 0) is 9.53 Å². The van der Waals surface area contributed by atoms with Gasteiger partial charge in [0.25, 0.3) is 0 Å². The average molecular weight is 261 g/mol. The third kappa shape index (κ3) is 6.56. The molecule has 0 unspecified atom stereocenters. The van der Waals surface area contributed by atoms with Crippen molar-refractivity contribution in [2.24, 2.45) is 5.92 Å². The van der Waals surface area contributed by atoms with Gasteiger partial charge in [-0.3, -0.25) is 4.79 Å². The zero-order valence-corrected chi connectivity index (χ0v) is 12.4. The Morgan fingerprint density at radius 3 is 2.06 bits per heavy atom. The Balaban J connectivity index is 4.67. The van der Waals surface area contributed by atoms with Crippen molar-refractivity contribution < 1.29 is 14.3 Å². The largest absolute Gasteiger partial charge is 0.444 e. The molecule has 4 nitrogen and oxygen atoms in total. The van der Waals surface area contributed by atoms with E-state index in [-0.39, 0.29) is 5.12 Å². The molecule has 0 radical (unpaired) electrons. The second-order valence-electron chi connectivity index (χ2n) is 5.57. The highest BCUT2D eigenvalue weighted by atomic mass is 32.1. The number of ether oxygens (including phenoxy) is 1. The van der Waals surface area contributed by atoms with Gasteiger partial charge in [-0.05, 0) is 33.1 Å². The Hall–Kier alpha value is -0.710. The monoisotopic (exact) mass is 261 g/mol. The number of amides is 1. The number of nitrogens with zero attached hydrogens (tertiary/aromatic N) is 1. The molecule has 0 fully saturated rings. The number of carbonyl (C=O) groups excluding carboxylic acids is 2. The van der Waals surface area contributed by atoms with Crippen LogP contribution in [-0.4, -0.2) is 34.8 Å². The molecule has 0 aliphatic rings. The van der Waals surface area contributed by atoms with Gasteiger partial charge in [-0.1, -0.05) is 13.8 Å². The van der Waals surface area contributed by atoms with Crippen LogP contribution in [0.3, 0.4) is 0 Å². The van der Waals surface area contributed by atoms with Gasteiger partial charge in [0.15, 0.2) is 0 Å². The molecule has 0 heterocycles. The minimum absolute atomic E-state index is 0.306. The van der Waals surface area contributed by atoms with Crippen LogP contribution in [0.4, 0.5) is 4.79 Å². The molecule has 0 aromatic rings. The molecule has 0 aliphatic heterocycles. The van der Waals surface area contributed by atoms with Gasteiger partial charge in [0.1, 0.15) is 11.6 Å². The summed E-state index contributed by atoms with van der Waals surface area (Å²) < 4.78 is 5.21. The lowest BCUT2D eigenvalue weighted by Crippen LogP contribution is -2.44. The van der Waals surface area contributed by atoms with E-state index in [0.717, 1.165) is 0 Å². The first-order valence-electron chi connectivity index (χ1n) is 5.73. The molecule has 0 aliphatic carbocycles. The molecule has 0 saturated heterocycles. The van der Waals surface area contributed by atoms with Gasteiger partial charge in [0.2, 0.25) is 5.12 Å². The fourth-order valence-electron chi connectivity index (χ4n) is 1.33. The summed E-state index contributed by atoms with van der Waals surface area (Å²) in [5.74, 6) is 0.306. The van der Waals surface area contributed by atoms with E-state index in [4.69, 9.17) is 4.74 Å². The molecule has 0 bridgehead atoms. The van der Waals surface area contributed by atoms with E-state index in [1.54, 1.807) is 27.8 Å². The molecule has 100 valence electrons. The quantitative estimate of drug-likeness (QED) is 0.792. The average Bonchev–Trinajstić information content (AvgIpc) is 2.09. The van der Waals surface area contributed by atoms with Crippen molar-refractivity contribution in [3.05, 3.63) is 0 Å². The van der Waals surface area contributed by atoms with Crippen molar-refractivity contribution in [3.63, 3.8) is 0 Å². The summed E-state index contributed by atoms with van der Waals surface area (Å²) in [6.07, 6.45) is 0.0866. The predicted molar refractivity (Wildman–Crippen MR) is 71.2 cm³/mol. The fourth-order valence-corrected chi connectivity index (χ4v) is 1.61. The molecule has 0 saturated carbocycles. The molecule has 0 N–H and O–H groups in total. The van der Waals surface area contributed by atoms with E-state index in [1.807, 2.05) is 13.8 Å². The number of carbonyl (C=O) groups is 2. The minimum atomic E-state index is -0.562. The Kier molecular flexibility index (Phi) is 6.02. The second-order valence-corrected chi connectivity index (χ2v) is 6.02. The van der Waals surface area contributed by atoms with E-state index in [2.05, 4.69) is 12.6 Å². The van der Waals surface area contributed by atoms with Gasteiger partial charge < -0.3 is 9.64 Å². The molecule has 0 aromatic carbocycles. The van der Waals surface area contributed by atoms with Gasteiger partial charge in [0, 0.05) is 7.05 Å². The number of hydrogen-bond acceptors (Lipinski definition) is 3. The minimum Gasteiger partial charge on any atom is -0.444 e. The highest BCUT2D eigenvalue weighted by Crippen LogP contribution is 2.16. The smallest absolute Gasteiger partial charge is 0.410 e. The summed E-state index contributed by atoms with van der Waals surface area (Å²) in [4.78, 5) is 24.5. The maximum absolute atomic E-state index is 11.8. The lowest BCUT2D eigenvalue weighted by Gasteiger charge is -2.29. The molecule has 17 heavy (non-hydrogen) atoms. The van der Waals surface area contributed by atoms with Crippen LogP contribution in [0, 0.1) is 5.92 Å². The van der Waals surface area contributed by atoms with Crippen molar-refractivity contribution >= 4 is 23.8 Å². The van der Waals surface area contributed by atoms with Crippen molar-refractivity contribution in [1.29, 1.82) is 0 Å². The molecule has 1 amide bonds. The summed E-state index contributed by atoms with van der Waals surface area (Å²) in [6.45, 7) is 9.36. The highest BCUT2D eigenvalue weighted by Gasteiger charge is 2.29. The van der Waals surface area contributed by atoms with Gasteiger partial charge in [-0.25, -0.2) is 4.79 Å². The van der Waals surface area contributed by atoms with Gasteiger partial charge in [0.05, 0.1) is 0 Å². The lowest BCUT2D eigenvalue weighted by atomic mass is 10.0. The SMILES string of the molecule is CC(C)C[C@@H](C(=O)S)N(C)C(=O)OC(C)(C)C. The number of thiol groups is 1. The van der Waals surface area contributed by atoms with Crippen LogP contribution >= 0.6 is 12.6 Å². The number of rotatable bonds is 4. The summed E-state index contributed by atoms with van der Waals surface area (Å²) in [6, 6.07) is -0.534. The molecule has 0 aromatic heterocycles. The highest BCUT2D eigenvalue weighted by molar-refractivity contribution is 7.96. The van der Waals surface area contributed by atoms with Crippen molar-refractivity contribution in [3.8, 4) is 0 Å². The zero-order chi connectivity index (χ0) is 13.8. The van der Waals surface area contributed by atoms with Gasteiger partial charge in [-0.15, -0.1) is 12.6 Å². The molecule has 0 spiro atoms. The molecule has 1 atom stereocenters. The lowest BCUT2D eigenvalue weighted by molar-refractivity contribution is -0.115. The topological polar surface area (TPSA) is 46.6 Å². The number of hydrogen-bond donors (Lipinski definition) is 1. The van der Waals surface area contributed by atoms with Crippen molar-refractivity contribution in [1.82, 2.24) is 4.90 Å². The fraction of sp³-hybridized carbons (Fsp3) is 0.833. The van der Waals surface area contributed by atoms with E-state index in [1.165, 1.54) is 4.90 Å². The normalized spacial score (nSPS) is 13.4. The van der Waals surface area contributed by atoms with Crippen molar-refractivity contribution in [2.45, 2.75) is 52.7 Å². The maximum atomic E-state index is 11.8. The van der Waals surface area contributed by atoms with E-state index in [0.29, 0.717) is 12.3 Å². The van der Waals surface area contributed by atoms with Crippen LogP contribution in [0.5, 0.6) is 0 Å². The van der Waals surface area contributed by atoms with E-state index >= 15 is 0 Å². The summed E-state index contributed by atoms with van der Waals surface area (Å²) >= 11 is 3.82. The maximum Gasteiger partial charge on any atom is 0.410 e. The first kappa shape index (κ1) is 16.3. The van der Waals surface area contributed by atoms with Crippen LogP contribution < -0.4 is 0 Å². The van der Waals surface area contributed by atoms with Crippen LogP contribution in [0.15, 0.2) is 0 Å². The summed E-state index contributed by atoms with van der Waals surface area (Å²) in [7, 11) is 1.56. The molecule has 5 heteroatoms. The zero-order valence-electron chi connectivity index (χ0n) is 11.5. The Labute approximate surface area is 109 Å². The van der Waals surface area contributed by atoms with Gasteiger partial charge in [-0.2, -0.15) is 0 Å². The Morgan fingerprint density at radius 1 is 1.29 bits per heavy atom.